The van der Waals surface area contributed by atoms with Crippen molar-refractivity contribution in [2.75, 3.05) is 6.54 Å². The lowest BCUT2D eigenvalue weighted by Crippen LogP contribution is -2.30. The third-order valence-electron chi connectivity index (χ3n) is 4.10. The van der Waals surface area contributed by atoms with Gasteiger partial charge in [0.25, 0.3) is 0 Å². The van der Waals surface area contributed by atoms with Crippen molar-refractivity contribution < 1.29 is 18.3 Å². The van der Waals surface area contributed by atoms with Gasteiger partial charge < -0.3 is 10.4 Å². The third kappa shape index (κ3) is 3.04. The first kappa shape index (κ1) is 16.9. The Bertz CT molecular complexity index is 894. The summed E-state index contributed by atoms with van der Waals surface area (Å²) >= 11 is 6.20. The summed E-state index contributed by atoms with van der Waals surface area (Å²) in [5, 5.41) is 15.1. The van der Waals surface area contributed by atoms with Crippen LogP contribution in [-0.2, 0) is 21.7 Å². The Morgan fingerprint density at radius 1 is 1.42 bits per heavy atom. The zero-order valence-corrected chi connectivity index (χ0v) is 14.4. The van der Waals surface area contributed by atoms with Crippen LogP contribution in [0.3, 0.4) is 0 Å². The summed E-state index contributed by atoms with van der Waals surface area (Å²) in [4.78, 5) is 11.0. The van der Waals surface area contributed by atoms with Crippen molar-refractivity contribution in [3.8, 4) is 11.1 Å². The maximum absolute atomic E-state index is 12.7. The minimum atomic E-state index is -3.71. The summed E-state index contributed by atoms with van der Waals surface area (Å²) in [6.07, 6.45) is 3.49. The van der Waals surface area contributed by atoms with Gasteiger partial charge in [-0.15, -0.1) is 0 Å². The highest BCUT2D eigenvalue weighted by Gasteiger charge is 2.38. The van der Waals surface area contributed by atoms with Crippen molar-refractivity contribution in [3.63, 3.8) is 0 Å². The lowest BCUT2D eigenvalue weighted by atomic mass is 10.1. The number of carboxylic acids is 1. The highest BCUT2D eigenvalue weighted by atomic mass is 35.5. The van der Waals surface area contributed by atoms with Gasteiger partial charge in [0.2, 0.25) is 0 Å². The van der Waals surface area contributed by atoms with Gasteiger partial charge in [0.1, 0.15) is 6.04 Å². The average molecular weight is 370 g/mol. The molecule has 1 aromatic heterocycles. The summed E-state index contributed by atoms with van der Waals surface area (Å²) in [5.41, 5.74) is 1.59. The van der Waals surface area contributed by atoms with Crippen LogP contribution in [0.5, 0.6) is 0 Å². The fourth-order valence-electron chi connectivity index (χ4n) is 2.79. The Morgan fingerprint density at radius 2 is 2.17 bits per heavy atom. The van der Waals surface area contributed by atoms with Crippen molar-refractivity contribution in [1.29, 1.82) is 0 Å². The second-order valence-electron chi connectivity index (χ2n) is 5.75. The predicted molar refractivity (Wildman–Crippen MR) is 88.7 cm³/mol. The summed E-state index contributed by atoms with van der Waals surface area (Å²) in [5.74, 6) is -1.05. The zero-order chi connectivity index (χ0) is 17.5. The number of nitrogens with zero attached hydrogens (tertiary/aromatic N) is 2. The highest BCUT2D eigenvalue weighted by molar-refractivity contribution is 7.92. The zero-order valence-electron chi connectivity index (χ0n) is 12.8. The molecular formula is C15H16ClN3O4S. The summed E-state index contributed by atoms with van der Waals surface area (Å²) in [6.45, 7) is 0.0972. The van der Waals surface area contributed by atoms with E-state index < -0.39 is 27.1 Å². The molecule has 0 spiro atoms. The van der Waals surface area contributed by atoms with Crippen LogP contribution < -0.4 is 5.32 Å². The number of sulfone groups is 1. The van der Waals surface area contributed by atoms with Crippen LogP contribution in [0.15, 0.2) is 35.5 Å². The molecule has 1 aromatic carbocycles. The van der Waals surface area contributed by atoms with Gasteiger partial charge in [-0.3, -0.25) is 9.48 Å². The van der Waals surface area contributed by atoms with Crippen molar-refractivity contribution >= 4 is 27.4 Å². The van der Waals surface area contributed by atoms with Crippen LogP contribution >= 0.6 is 11.6 Å². The molecule has 1 aliphatic rings. The lowest BCUT2D eigenvalue weighted by molar-refractivity contribution is -0.139. The van der Waals surface area contributed by atoms with Gasteiger partial charge in [-0.05, 0) is 24.1 Å². The second-order valence-corrected chi connectivity index (χ2v) is 8.35. The minimum Gasteiger partial charge on any atom is -0.480 e. The van der Waals surface area contributed by atoms with E-state index in [0.717, 1.165) is 11.1 Å². The Hall–Kier alpha value is -1.90. The van der Waals surface area contributed by atoms with Crippen molar-refractivity contribution in [2.45, 2.75) is 22.6 Å². The van der Waals surface area contributed by atoms with Crippen LogP contribution in [0.25, 0.3) is 11.1 Å². The maximum Gasteiger partial charge on any atom is 0.320 e. The first-order valence-corrected chi connectivity index (χ1v) is 9.20. The van der Waals surface area contributed by atoms with Crippen molar-refractivity contribution in [2.24, 2.45) is 7.05 Å². The molecule has 9 heteroatoms. The molecule has 0 radical (unpaired) electrons. The Labute approximate surface area is 144 Å². The quantitative estimate of drug-likeness (QED) is 0.843. The predicted octanol–water partition coefficient (Wildman–Crippen LogP) is 1.33. The standard InChI is InChI=1S/C15H16ClN3O4S/c1-19-8-10(6-18-19)9-2-3-14(12(16)4-9)24(22,23)11-5-13(15(20)21)17-7-11/h2-4,6,8,11,13,17H,5,7H2,1H3,(H,20,21)/t11-,13+/m1/s1. The molecule has 0 bridgehead atoms. The number of halogens is 1. The minimum absolute atomic E-state index is 0.0228. The van der Waals surface area contributed by atoms with E-state index in [9.17, 15) is 13.2 Å². The summed E-state index contributed by atoms with van der Waals surface area (Å²) in [6, 6.07) is 3.88. The largest absolute Gasteiger partial charge is 0.480 e. The fraction of sp³-hybridized carbons (Fsp3) is 0.333. The molecule has 3 rings (SSSR count). The number of carboxylic acid groups (broad SMARTS) is 1. The van der Waals surface area contributed by atoms with Gasteiger partial charge in [-0.2, -0.15) is 5.10 Å². The number of rotatable bonds is 4. The number of hydrogen-bond donors (Lipinski definition) is 2. The SMILES string of the molecule is Cn1cc(-c2ccc(S(=O)(=O)[C@H]3CN[C@H](C(=O)O)C3)c(Cl)c2)cn1. The topological polar surface area (TPSA) is 101 Å². The van der Waals surface area contributed by atoms with Gasteiger partial charge in [0.15, 0.2) is 9.84 Å². The van der Waals surface area contributed by atoms with Crippen LogP contribution in [0.2, 0.25) is 5.02 Å². The Balaban J connectivity index is 1.90. The highest BCUT2D eigenvalue weighted by Crippen LogP contribution is 2.32. The molecular weight excluding hydrogens is 354 g/mol. The Morgan fingerprint density at radius 3 is 2.71 bits per heavy atom. The van der Waals surface area contributed by atoms with Gasteiger partial charge in [-0.1, -0.05) is 17.7 Å². The molecule has 24 heavy (non-hydrogen) atoms. The van der Waals surface area contributed by atoms with Crippen molar-refractivity contribution in [1.82, 2.24) is 15.1 Å². The molecule has 2 N–H and O–H groups in total. The number of aryl methyl sites for hydroxylation is 1. The van der Waals surface area contributed by atoms with E-state index in [4.69, 9.17) is 16.7 Å². The second kappa shape index (κ2) is 6.19. The van der Waals surface area contributed by atoms with E-state index in [0.29, 0.717) is 0 Å². The maximum atomic E-state index is 12.7. The van der Waals surface area contributed by atoms with Crippen molar-refractivity contribution in [3.05, 3.63) is 35.6 Å². The van der Waals surface area contributed by atoms with Crippen LogP contribution in [0.1, 0.15) is 6.42 Å². The average Bonchev–Trinajstić information content (AvgIpc) is 3.16. The molecule has 1 fully saturated rings. The van der Waals surface area contributed by atoms with Crippen LogP contribution in [0.4, 0.5) is 0 Å². The van der Waals surface area contributed by atoms with Crippen LogP contribution in [0, 0.1) is 0 Å². The van der Waals surface area contributed by atoms with E-state index in [1.165, 1.54) is 6.07 Å². The molecule has 2 aromatic rings. The smallest absolute Gasteiger partial charge is 0.320 e. The molecule has 1 saturated heterocycles. The van der Waals surface area contributed by atoms with Gasteiger partial charge in [0.05, 0.1) is 21.4 Å². The summed E-state index contributed by atoms with van der Waals surface area (Å²) in [7, 11) is -1.92. The van der Waals surface area contributed by atoms with E-state index in [-0.39, 0.29) is 22.9 Å². The van der Waals surface area contributed by atoms with Crippen LogP contribution in [-0.4, -0.2) is 47.1 Å². The summed E-state index contributed by atoms with van der Waals surface area (Å²) < 4.78 is 27.1. The fourth-order valence-corrected chi connectivity index (χ4v) is 5.00. The molecule has 0 amide bonds. The van der Waals surface area contributed by atoms with Gasteiger partial charge >= 0.3 is 5.97 Å². The molecule has 128 valence electrons. The monoisotopic (exact) mass is 369 g/mol. The first-order valence-electron chi connectivity index (χ1n) is 7.27. The molecule has 7 nitrogen and oxygen atoms in total. The van der Waals surface area contributed by atoms with E-state index in [1.54, 1.807) is 36.3 Å². The van der Waals surface area contributed by atoms with E-state index >= 15 is 0 Å². The number of hydrogen-bond acceptors (Lipinski definition) is 5. The molecule has 0 unspecified atom stereocenters. The van der Waals surface area contributed by atoms with E-state index in [1.807, 2.05) is 0 Å². The number of aliphatic carboxylic acids is 1. The normalized spacial score (nSPS) is 21.1. The number of carbonyl (C=O) groups is 1. The molecule has 0 saturated carbocycles. The number of nitrogens with one attached hydrogen (secondary N) is 1. The first-order chi connectivity index (χ1) is 11.3. The lowest BCUT2D eigenvalue weighted by Gasteiger charge is -2.13. The van der Waals surface area contributed by atoms with Gasteiger partial charge in [-0.25, -0.2) is 8.42 Å². The third-order valence-corrected chi connectivity index (χ3v) is 6.73. The molecule has 2 atom stereocenters. The van der Waals surface area contributed by atoms with Gasteiger partial charge in [0, 0.05) is 25.4 Å². The molecule has 2 heterocycles. The number of aromatic nitrogens is 2. The van der Waals surface area contributed by atoms with E-state index in [2.05, 4.69) is 10.4 Å². The molecule has 0 aliphatic carbocycles. The Kier molecular flexibility index (Phi) is 4.37. The molecule has 1 aliphatic heterocycles. The number of benzene rings is 1.